The van der Waals surface area contributed by atoms with E-state index in [9.17, 15) is 4.79 Å². The maximum absolute atomic E-state index is 11.2. The van der Waals surface area contributed by atoms with Gasteiger partial charge < -0.3 is 16.0 Å². The van der Waals surface area contributed by atoms with Crippen LogP contribution in [0, 0.1) is 6.92 Å². The van der Waals surface area contributed by atoms with Crippen molar-refractivity contribution in [3.8, 4) is 0 Å². The average molecular weight is 347 g/mol. The molecule has 3 aromatic rings. The van der Waals surface area contributed by atoms with E-state index in [1.807, 2.05) is 42.5 Å². The molecule has 0 atom stereocenters. The fourth-order valence-corrected chi connectivity index (χ4v) is 2.54. The minimum atomic E-state index is -0.105. The second-order valence-electron chi connectivity index (χ2n) is 5.96. The van der Waals surface area contributed by atoms with Crippen molar-refractivity contribution < 1.29 is 4.79 Å². The molecule has 3 rings (SSSR count). The zero-order chi connectivity index (χ0) is 18.4. The number of amides is 1. The number of carbonyl (C=O) groups is 1. The third-order valence-corrected chi connectivity index (χ3v) is 3.84. The van der Waals surface area contributed by atoms with Gasteiger partial charge in [-0.25, -0.2) is 9.97 Å². The molecule has 1 aromatic heterocycles. The Kier molecular flexibility index (Phi) is 5.43. The van der Waals surface area contributed by atoms with E-state index in [1.165, 1.54) is 24.4 Å². The number of aromatic nitrogens is 2. The van der Waals surface area contributed by atoms with E-state index in [2.05, 4.69) is 45.0 Å². The van der Waals surface area contributed by atoms with Crippen molar-refractivity contribution in [2.45, 2.75) is 20.4 Å². The first-order valence-electron chi connectivity index (χ1n) is 8.35. The molecule has 6 nitrogen and oxygen atoms in total. The van der Waals surface area contributed by atoms with Crippen LogP contribution < -0.4 is 16.0 Å². The monoisotopic (exact) mass is 347 g/mol. The summed E-state index contributed by atoms with van der Waals surface area (Å²) >= 11 is 0. The summed E-state index contributed by atoms with van der Waals surface area (Å²) in [4.78, 5) is 19.7. The number of hydrogen-bond donors (Lipinski definition) is 3. The summed E-state index contributed by atoms with van der Waals surface area (Å²) in [5.41, 5.74) is 4.03. The maximum Gasteiger partial charge on any atom is 0.221 e. The van der Waals surface area contributed by atoms with Crippen LogP contribution >= 0.6 is 0 Å². The van der Waals surface area contributed by atoms with Gasteiger partial charge in [-0.3, -0.25) is 4.79 Å². The molecule has 0 aliphatic rings. The first-order valence-corrected chi connectivity index (χ1v) is 8.35. The van der Waals surface area contributed by atoms with Crippen LogP contribution in [0.25, 0.3) is 0 Å². The van der Waals surface area contributed by atoms with Crippen molar-refractivity contribution in [3.05, 3.63) is 72.1 Å². The lowest BCUT2D eigenvalue weighted by Gasteiger charge is -2.11. The number of benzene rings is 2. The van der Waals surface area contributed by atoms with Crippen LogP contribution in [0.3, 0.4) is 0 Å². The number of anilines is 4. The number of hydrogen-bond acceptors (Lipinski definition) is 5. The van der Waals surface area contributed by atoms with Gasteiger partial charge in [-0.1, -0.05) is 30.3 Å². The van der Waals surface area contributed by atoms with E-state index in [0.717, 1.165) is 17.2 Å². The molecule has 0 aliphatic carbocycles. The molecule has 0 saturated carbocycles. The lowest BCUT2D eigenvalue weighted by Crippen LogP contribution is -2.06. The Balaban J connectivity index is 1.67. The summed E-state index contributed by atoms with van der Waals surface area (Å²) in [6, 6.07) is 17.6. The molecule has 0 unspecified atom stereocenters. The second kappa shape index (κ2) is 8.11. The van der Waals surface area contributed by atoms with Gasteiger partial charge >= 0.3 is 0 Å². The number of nitrogens with zero attached hydrogens (tertiary/aromatic N) is 2. The van der Waals surface area contributed by atoms with Crippen molar-refractivity contribution in [1.82, 2.24) is 9.97 Å². The molecule has 0 saturated heterocycles. The van der Waals surface area contributed by atoms with Crippen molar-refractivity contribution in [2.24, 2.45) is 0 Å². The molecular formula is C20H21N5O. The number of nitrogens with one attached hydrogen (secondary N) is 3. The zero-order valence-electron chi connectivity index (χ0n) is 14.8. The molecule has 0 radical (unpaired) electrons. The molecule has 1 heterocycles. The van der Waals surface area contributed by atoms with Gasteiger partial charge in [0.25, 0.3) is 0 Å². The van der Waals surface area contributed by atoms with Crippen molar-refractivity contribution in [2.75, 3.05) is 16.0 Å². The molecule has 0 spiro atoms. The Morgan fingerprint density at radius 2 is 1.73 bits per heavy atom. The summed E-state index contributed by atoms with van der Waals surface area (Å²) in [7, 11) is 0. The molecular weight excluding hydrogens is 326 g/mol. The smallest absolute Gasteiger partial charge is 0.221 e. The lowest BCUT2D eigenvalue weighted by atomic mass is 10.1. The van der Waals surface area contributed by atoms with Gasteiger partial charge in [-0.15, -0.1) is 0 Å². The fourth-order valence-electron chi connectivity index (χ4n) is 2.54. The van der Waals surface area contributed by atoms with Gasteiger partial charge in [0, 0.05) is 30.9 Å². The van der Waals surface area contributed by atoms with Crippen molar-refractivity contribution in [1.29, 1.82) is 0 Å². The predicted octanol–water partition coefficient (Wildman–Crippen LogP) is 4.10. The zero-order valence-corrected chi connectivity index (χ0v) is 14.8. The Morgan fingerprint density at radius 1 is 0.962 bits per heavy atom. The average Bonchev–Trinajstić information content (AvgIpc) is 2.61. The Bertz CT molecular complexity index is 910. The van der Waals surface area contributed by atoms with Gasteiger partial charge in [0.05, 0.1) is 0 Å². The van der Waals surface area contributed by atoms with E-state index < -0.39 is 0 Å². The summed E-state index contributed by atoms with van der Waals surface area (Å²) in [5, 5.41) is 9.30. The highest BCUT2D eigenvalue weighted by molar-refractivity contribution is 5.89. The summed E-state index contributed by atoms with van der Waals surface area (Å²) in [5.74, 6) is 1.31. The molecule has 0 fully saturated rings. The Hall–Kier alpha value is -3.41. The van der Waals surface area contributed by atoms with Crippen LogP contribution in [-0.2, 0) is 11.3 Å². The fraction of sp³-hybridized carbons (Fsp3) is 0.150. The highest BCUT2D eigenvalue weighted by atomic mass is 16.1. The van der Waals surface area contributed by atoms with E-state index in [1.54, 1.807) is 0 Å². The molecule has 3 N–H and O–H groups in total. The van der Waals surface area contributed by atoms with Crippen LogP contribution in [0.1, 0.15) is 18.1 Å². The van der Waals surface area contributed by atoms with Crippen LogP contribution in [-0.4, -0.2) is 15.9 Å². The van der Waals surface area contributed by atoms with Crippen LogP contribution in [0.2, 0.25) is 0 Å². The highest BCUT2D eigenvalue weighted by Gasteiger charge is 2.03. The molecule has 132 valence electrons. The van der Waals surface area contributed by atoms with Crippen molar-refractivity contribution >= 4 is 28.9 Å². The van der Waals surface area contributed by atoms with Crippen LogP contribution in [0.5, 0.6) is 0 Å². The van der Waals surface area contributed by atoms with Gasteiger partial charge in [-0.2, -0.15) is 0 Å². The van der Waals surface area contributed by atoms with Crippen molar-refractivity contribution in [3.63, 3.8) is 0 Å². The maximum atomic E-state index is 11.2. The predicted molar refractivity (Wildman–Crippen MR) is 105 cm³/mol. The minimum Gasteiger partial charge on any atom is -0.366 e. The molecule has 6 heteroatoms. The quantitative estimate of drug-likeness (QED) is 0.626. The summed E-state index contributed by atoms with van der Waals surface area (Å²) in [6.07, 6.45) is 1.51. The van der Waals surface area contributed by atoms with Gasteiger partial charge in [-0.05, 0) is 36.2 Å². The highest BCUT2D eigenvalue weighted by Crippen LogP contribution is 2.20. The molecule has 2 aromatic carbocycles. The van der Waals surface area contributed by atoms with Crippen LogP contribution in [0.15, 0.2) is 60.9 Å². The second-order valence-corrected chi connectivity index (χ2v) is 5.96. The van der Waals surface area contributed by atoms with E-state index in [0.29, 0.717) is 12.4 Å². The third kappa shape index (κ3) is 4.80. The Morgan fingerprint density at radius 3 is 2.54 bits per heavy atom. The lowest BCUT2D eigenvalue weighted by molar-refractivity contribution is -0.114. The molecule has 26 heavy (non-hydrogen) atoms. The van der Waals surface area contributed by atoms with Gasteiger partial charge in [0.2, 0.25) is 5.91 Å². The normalized spacial score (nSPS) is 10.2. The summed E-state index contributed by atoms with van der Waals surface area (Å²) < 4.78 is 0. The van der Waals surface area contributed by atoms with Crippen LogP contribution in [0.4, 0.5) is 23.0 Å². The summed E-state index contributed by atoms with van der Waals surface area (Å²) in [6.45, 7) is 4.27. The standard InChI is InChI=1S/C20H21N5O/c1-14-6-3-4-7-16(14)12-21-19-11-20(23-13-22-19)25-18-9-5-8-17(10-18)24-15(2)26/h3-11,13H,12H2,1-2H3,(H,24,26)(H2,21,22,23,25). The molecule has 1 amide bonds. The number of carbonyl (C=O) groups excluding carboxylic acids is 1. The third-order valence-electron chi connectivity index (χ3n) is 3.84. The SMILES string of the molecule is CC(=O)Nc1cccc(Nc2cc(NCc3ccccc3C)ncn2)c1. The minimum absolute atomic E-state index is 0.105. The van der Waals surface area contributed by atoms with E-state index in [-0.39, 0.29) is 5.91 Å². The molecule has 0 bridgehead atoms. The largest absolute Gasteiger partial charge is 0.366 e. The van der Waals surface area contributed by atoms with E-state index in [4.69, 9.17) is 0 Å². The van der Waals surface area contributed by atoms with Gasteiger partial charge in [0.15, 0.2) is 0 Å². The van der Waals surface area contributed by atoms with Gasteiger partial charge in [0.1, 0.15) is 18.0 Å². The molecule has 0 aliphatic heterocycles. The topological polar surface area (TPSA) is 78.9 Å². The first-order chi connectivity index (χ1) is 12.6. The number of rotatable bonds is 6. The van der Waals surface area contributed by atoms with E-state index >= 15 is 0 Å². The Labute approximate surface area is 152 Å². The first kappa shape index (κ1) is 17.4. The number of aryl methyl sites for hydroxylation is 1.